The Morgan fingerprint density at radius 2 is 1.80 bits per heavy atom. The molecule has 2 heterocycles. The minimum Gasteiger partial charge on any atom is -0.368 e. The zero-order chi connectivity index (χ0) is 21.5. The molecule has 0 saturated carbocycles. The fourth-order valence-electron chi connectivity index (χ4n) is 3.17. The predicted octanol–water partition coefficient (Wildman–Crippen LogP) is 0.944. The van der Waals surface area contributed by atoms with Crippen molar-refractivity contribution in [3.63, 3.8) is 0 Å². The minimum absolute atomic E-state index is 0.00618. The first-order chi connectivity index (χ1) is 14.4. The van der Waals surface area contributed by atoms with E-state index in [9.17, 15) is 19.2 Å². The summed E-state index contributed by atoms with van der Waals surface area (Å²) in [5.41, 5.74) is 7.42. The van der Waals surface area contributed by atoms with Crippen LogP contribution in [0.15, 0.2) is 35.7 Å². The number of hydrogen-bond acceptors (Lipinski definition) is 5. The molecule has 1 aromatic heterocycles. The molecule has 4 N–H and O–H groups in total. The zero-order valence-corrected chi connectivity index (χ0v) is 17.3. The van der Waals surface area contributed by atoms with Gasteiger partial charge in [0.15, 0.2) is 0 Å². The molecule has 1 aliphatic rings. The first kappa shape index (κ1) is 21.5. The highest BCUT2D eigenvalue weighted by Gasteiger charge is 2.21. The lowest BCUT2D eigenvalue weighted by molar-refractivity contribution is -0.134. The summed E-state index contributed by atoms with van der Waals surface area (Å²) in [5, 5.41) is 7.24. The average molecular weight is 429 g/mol. The summed E-state index contributed by atoms with van der Waals surface area (Å²) >= 11 is 1.72. The molecule has 0 bridgehead atoms. The molecule has 0 aliphatic carbocycles. The lowest BCUT2D eigenvalue weighted by Gasteiger charge is -2.27. The summed E-state index contributed by atoms with van der Waals surface area (Å²) in [6, 6.07) is 8.71. The summed E-state index contributed by atoms with van der Waals surface area (Å²) in [6.45, 7) is 1.41. The lowest BCUT2D eigenvalue weighted by Crippen LogP contribution is -2.36. The Hall–Kier alpha value is -3.20. The van der Waals surface area contributed by atoms with Gasteiger partial charge in [0, 0.05) is 42.9 Å². The van der Waals surface area contributed by atoms with Gasteiger partial charge in [-0.15, -0.1) is 11.3 Å². The first-order valence-corrected chi connectivity index (χ1v) is 10.6. The largest absolute Gasteiger partial charge is 0.368 e. The Bertz CT molecular complexity index is 939. The van der Waals surface area contributed by atoms with Crippen molar-refractivity contribution in [3.05, 3.63) is 57.3 Å². The van der Waals surface area contributed by atoms with Crippen LogP contribution in [0.5, 0.6) is 0 Å². The number of nitrogens with zero attached hydrogens (tertiary/aromatic N) is 1. The minimum atomic E-state index is -0.613. The molecule has 30 heavy (non-hydrogen) atoms. The van der Waals surface area contributed by atoms with Crippen LogP contribution < -0.4 is 16.4 Å². The van der Waals surface area contributed by atoms with Gasteiger partial charge in [0.25, 0.3) is 5.91 Å². The van der Waals surface area contributed by atoms with Gasteiger partial charge in [0.2, 0.25) is 17.7 Å². The summed E-state index contributed by atoms with van der Waals surface area (Å²) in [4.78, 5) is 50.2. The number of nitrogens with two attached hydrogens (primary N) is 1. The van der Waals surface area contributed by atoms with Crippen molar-refractivity contribution in [1.82, 2.24) is 15.5 Å². The molecule has 158 valence electrons. The SMILES string of the molecule is NC(=O)CNC(=O)c1ccc(CNC(=O)CCC(=O)N2CCc3sccc3C2)cc1. The van der Waals surface area contributed by atoms with E-state index in [1.807, 2.05) is 10.3 Å². The number of carbonyl (C=O) groups excluding carboxylic acids is 4. The van der Waals surface area contributed by atoms with Crippen LogP contribution in [-0.4, -0.2) is 41.6 Å². The van der Waals surface area contributed by atoms with Crippen molar-refractivity contribution in [1.29, 1.82) is 0 Å². The molecule has 0 radical (unpaired) electrons. The number of thiophene rings is 1. The third kappa shape index (κ3) is 5.90. The molecule has 9 heteroatoms. The van der Waals surface area contributed by atoms with E-state index in [1.165, 1.54) is 10.4 Å². The number of fused-ring (bicyclic) bond motifs is 1. The van der Waals surface area contributed by atoms with E-state index in [1.54, 1.807) is 35.6 Å². The zero-order valence-electron chi connectivity index (χ0n) is 16.5. The second-order valence-electron chi connectivity index (χ2n) is 7.06. The standard InChI is InChI=1S/C21H24N4O4S/c22-18(26)12-24-21(29)15-3-1-14(2-4-15)11-23-19(27)5-6-20(28)25-9-7-17-16(13-25)8-10-30-17/h1-4,8,10H,5-7,9,11-13H2,(H2,22,26)(H,23,27)(H,24,29). The van der Waals surface area contributed by atoms with E-state index in [4.69, 9.17) is 5.73 Å². The summed E-state index contributed by atoms with van der Waals surface area (Å²) in [7, 11) is 0. The number of primary amides is 1. The van der Waals surface area contributed by atoms with Gasteiger partial charge in [-0.2, -0.15) is 0 Å². The number of amides is 4. The Balaban J connectivity index is 1.39. The van der Waals surface area contributed by atoms with Crippen molar-refractivity contribution in [2.45, 2.75) is 32.4 Å². The van der Waals surface area contributed by atoms with Crippen molar-refractivity contribution in [3.8, 4) is 0 Å². The van der Waals surface area contributed by atoms with E-state index < -0.39 is 11.8 Å². The Kier molecular flexibility index (Phi) is 7.18. The molecular formula is C21H24N4O4S. The molecule has 0 saturated heterocycles. The Morgan fingerprint density at radius 1 is 1.03 bits per heavy atom. The average Bonchev–Trinajstić information content (AvgIpc) is 3.22. The highest BCUT2D eigenvalue weighted by atomic mass is 32.1. The van der Waals surface area contributed by atoms with Crippen LogP contribution in [0.1, 0.15) is 39.2 Å². The van der Waals surface area contributed by atoms with Gasteiger partial charge in [-0.25, -0.2) is 0 Å². The quantitative estimate of drug-likeness (QED) is 0.579. The number of carbonyl (C=O) groups is 4. The molecular weight excluding hydrogens is 404 g/mol. The molecule has 3 rings (SSSR count). The van der Waals surface area contributed by atoms with Gasteiger partial charge >= 0.3 is 0 Å². The second-order valence-corrected chi connectivity index (χ2v) is 8.06. The Morgan fingerprint density at radius 3 is 2.53 bits per heavy atom. The van der Waals surface area contributed by atoms with Crippen LogP contribution in [-0.2, 0) is 33.9 Å². The molecule has 1 aromatic carbocycles. The molecule has 2 aromatic rings. The number of benzene rings is 1. The number of hydrogen-bond donors (Lipinski definition) is 3. The van der Waals surface area contributed by atoms with E-state index in [2.05, 4.69) is 16.7 Å². The van der Waals surface area contributed by atoms with Crippen molar-refractivity contribution < 1.29 is 19.2 Å². The highest BCUT2D eigenvalue weighted by molar-refractivity contribution is 7.10. The van der Waals surface area contributed by atoms with Gasteiger partial charge in [-0.05, 0) is 41.1 Å². The molecule has 1 aliphatic heterocycles. The van der Waals surface area contributed by atoms with Crippen LogP contribution in [0.25, 0.3) is 0 Å². The summed E-state index contributed by atoms with van der Waals surface area (Å²) in [5.74, 6) is -1.21. The molecule has 4 amide bonds. The fourth-order valence-corrected chi connectivity index (χ4v) is 4.06. The normalized spacial score (nSPS) is 12.7. The monoisotopic (exact) mass is 428 g/mol. The molecule has 0 unspecified atom stereocenters. The van der Waals surface area contributed by atoms with Gasteiger partial charge in [0.05, 0.1) is 6.54 Å². The lowest BCUT2D eigenvalue weighted by atomic mass is 10.1. The number of nitrogens with one attached hydrogen (secondary N) is 2. The van der Waals surface area contributed by atoms with Gasteiger partial charge < -0.3 is 21.3 Å². The van der Waals surface area contributed by atoms with Crippen molar-refractivity contribution >= 4 is 35.0 Å². The molecule has 0 fully saturated rings. The van der Waals surface area contributed by atoms with Crippen LogP contribution in [0, 0.1) is 0 Å². The van der Waals surface area contributed by atoms with Gasteiger partial charge in [0.1, 0.15) is 0 Å². The molecule has 8 nitrogen and oxygen atoms in total. The van der Waals surface area contributed by atoms with E-state index in [0.717, 1.165) is 12.0 Å². The summed E-state index contributed by atoms with van der Waals surface area (Å²) < 4.78 is 0. The molecule has 0 atom stereocenters. The first-order valence-electron chi connectivity index (χ1n) is 9.67. The maximum absolute atomic E-state index is 12.4. The maximum Gasteiger partial charge on any atom is 0.251 e. The van der Waals surface area contributed by atoms with Crippen molar-refractivity contribution in [2.75, 3.05) is 13.1 Å². The Labute approximate surface area is 178 Å². The third-order valence-electron chi connectivity index (χ3n) is 4.86. The third-order valence-corrected chi connectivity index (χ3v) is 5.88. The predicted molar refractivity (Wildman–Crippen MR) is 112 cm³/mol. The van der Waals surface area contributed by atoms with Crippen LogP contribution in [0.4, 0.5) is 0 Å². The van der Waals surface area contributed by atoms with E-state index in [0.29, 0.717) is 25.2 Å². The highest BCUT2D eigenvalue weighted by Crippen LogP contribution is 2.24. The fraction of sp³-hybridized carbons (Fsp3) is 0.333. The van der Waals surface area contributed by atoms with Crippen molar-refractivity contribution in [2.24, 2.45) is 5.73 Å². The van der Waals surface area contributed by atoms with E-state index >= 15 is 0 Å². The summed E-state index contributed by atoms with van der Waals surface area (Å²) in [6.07, 6.45) is 1.20. The smallest absolute Gasteiger partial charge is 0.251 e. The van der Waals surface area contributed by atoms with Crippen LogP contribution in [0.3, 0.4) is 0 Å². The second kappa shape index (κ2) is 10.0. The topological polar surface area (TPSA) is 122 Å². The van der Waals surface area contributed by atoms with Gasteiger partial charge in [-0.1, -0.05) is 12.1 Å². The number of rotatable bonds is 8. The van der Waals surface area contributed by atoms with Crippen LogP contribution >= 0.6 is 11.3 Å². The maximum atomic E-state index is 12.4. The molecule has 0 spiro atoms. The van der Waals surface area contributed by atoms with E-state index in [-0.39, 0.29) is 31.2 Å². The van der Waals surface area contributed by atoms with Crippen LogP contribution in [0.2, 0.25) is 0 Å². The van der Waals surface area contributed by atoms with Gasteiger partial charge in [-0.3, -0.25) is 19.2 Å².